The van der Waals surface area contributed by atoms with Gasteiger partial charge in [0.2, 0.25) is 5.24 Å². The SMILES string of the molecule is O=C(Cl)C=Cc1cc(OCC2CCCCC2)ccc1OCC1CCCCC1. The van der Waals surface area contributed by atoms with Crippen molar-refractivity contribution < 1.29 is 14.3 Å². The molecule has 0 aromatic heterocycles. The summed E-state index contributed by atoms with van der Waals surface area (Å²) in [6, 6.07) is 5.88. The molecule has 0 aliphatic heterocycles. The van der Waals surface area contributed by atoms with E-state index in [0.29, 0.717) is 11.8 Å². The number of ether oxygens (including phenoxy) is 2. The van der Waals surface area contributed by atoms with Crippen LogP contribution in [0.1, 0.15) is 69.8 Å². The van der Waals surface area contributed by atoms with Gasteiger partial charge in [0.05, 0.1) is 13.2 Å². The summed E-state index contributed by atoms with van der Waals surface area (Å²) in [6.07, 6.45) is 16.0. The van der Waals surface area contributed by atoms with Crippen molar-refractivity contribution in [3.8, 4) is 11.5 Å². The summed E-state index contributed by atoms with van der Waals surface area (Å²) < 4.78 is 12.1. The van der Waals surface area contributed by atoms with Crippen LogP contribution in [0.25, 0.3) is 6.08 Å². The van der Waals surface area contributed by atoms with Crippen molar-refractivity contribution in [1.29, 1.82) is 0 Å². The van der Waals surface area contributed by atoms with Crippen LogP contribution in [0.3, 0.4) is 0 Å². The zero-order valence-electron chi connectivity index (χ0n) is 16.1. The molecule has 0 saturated heterocycles. The van der Waals surface area contributed by atoms with Gasteiger partial charge in [-0.05, 0) is 79.5 Å². The minimum Gasteiger partial charge on any atom is -0.493 e. The van der Waals surface area contributed by atoms with Gasteiger partial charge >= 0.3 is 0 Å². The summed E-state index contributed by atoms with van der Waals surface area (Å²) >= 11 is 5.48. The zero-order chi connectivity index (χ0) is 18.9. The van der Waals surface area contributed by atoms with E-state index in [4.69, 9.17) is 21.1 Å². The molecule has 27 heavy (non-hydrogen) atoms. The fourth-order valence-corrected chi connectivity index (χ4v) is 4.23. The predicted molar refractivity (Wildman–Crippen MR) is 110 cm³/mol. The molecule has 0 spiro atoms. The quantitative estimate of drug-likeness (QED) is 0.381. The fourth-order valence-electron chi connectivity index (χ4n) is 4.16. The molecule has 3 rings (SSSR count). The molecule has 0 heterocycles. The summed E-state index contributed by atoms with van der Waals surface area (Å²) in [5.41, 5.74) is 0.848. The lowest BCUT2D eigenvalue weighted by Gasteiger charge is -2.23. The van der Waals surface area contributed by atoms with E-state index in [2.05, 4.69) is 0 Å². The monoisotopic (exact) mass is 390 g/mol. The maximum atomic E-state index is 11.2. The molecule has 0 amide bonds. The molecule has 2 saturated carbocycles. The maximum Gasteiger partial charge on any atom is 0.245 e. The van der Waals surface area contributed by atoms with Crippen molar-refractivity contribution in [2.24, 2.45) is 11.8 Å². The molecular formula is C23H31ClO3. The zero-order valence-corrected chi connectivity index (χ0v) is 16.9. The first-order valence-corrected chi connectivity index (χ1v) is 10.9. The van der Waals surface area contributed by atoms with Crippen LogP contribution in [-0.2, 0) is 4.79 Å². The van der Waals surface area contributed by atoms with Crippen LogP contribution in [0.2, 0.25) is 0 Å². The predicted octanol–water partition coefficient (Wildman–Crippen LogP) is 6.38. The van der Waals surface area contributed by atoms with E-state index < -0.39 is 5.24 Å². The average molecular weight is 391 g/mol. The molecule has 4 heteroatoms. The Morgan fingerprint density at radius 1 is 0.926 bits per heavy atom. The summed E-state index contributed by atoms with van der Waals surface area (Å²) in [5.74, 6) is 2.91. The Morgan fingerprint density at radius 2 is 1.52 bits per heavy atom. The first kappa shape index (κ1) is 20.3. The van der Waals surface area contributed by atoms with Crippen LogP contribution in [0.15, 0.2) is 24.3 Å². The third-order valence-electron chi connectivity index (χ3n) is 5.78. The first-order chi connectivity index (χ1) is 13.2. The highest BCUT2D eigenvalue weighted by atomic mass is 35.5. The van der Waals surface area contributed by atoms with E-state index in [1.807, 2.05) is 18.2 Å². The van der Waals surface area contributed by atoms with Crippen LogP contribution >= 0.6 is 11.6 Å². The lowest BCUT2D eigenvalue weighted by molar-refractivity contribution is -0.107. The van der Waals surface area contributed by atoms with Crippen molar-refractivity contribution in [3.63, 3.8) is 0 Å². The van der Waals surface area contributed by atoms with E-state index in [1.165, 1.54) is 70.3 Å². The van der Waals surface area contributed by atoms with E-state index >= 15 is 0 Å². The van der Waals surface area contributed by atoms with Crippen molar-refractivity contribution in [1.82, 2.24) is 0 Å². The van der Waals surface area contributed by atoms with E-state index in [9.17, 15) is 4.79 Å². The van der Waals surface area contributed by atoms with E-state index in [0.717, 1.165) is 30.3 Å². The molecule has 0 unspecified atom stereocenters. The topological polar surface area (TPSA) is 35.5 Å². The van der Waals surface area contributed by atoms with E-state index in [-0.39, 0.29) is 0 Å². The van der Waals surface area contributed by atoms with Gasteiger partial charge in [0.15, 0.2) is 0 Å². The number of benzene rings is 1. The summed E-state index contributed by atoms with van der Waals surface area (Å²) in [6.45, 7) is 1.50. The lowest BCUT2D eigenvalue weighted by atomic mass is 9.90. The van der Waals surface area contributed by atoms with Gasteiger partial charge in [0.25, 0.3) is 0 Å². The van der Waals surface area contributed by atoms with Gasteiger partial charge in [-0.15, -0.1) is 0 Å². The standard InChI is InChI=1S/C23H31ClO3/c24-23(25)14-11-20-15-21(26-16-18-7-3-1-4-8-18)12-13-22(20)27-17-19-9-5-2-6-10-19/h11-15,18-19H,1-10,16-17H2. The van der Waals surface area contributed by atoms with Gasteiger partial charge in [-0.25, -0.2) is 0 Å². The van der Waals surface area contributed by atoms with Gasteiger partial charge < -0.3 is 9.47 Å². The Bertz CT molecular complexity index is 629. The lowest BCUT2D eigenvalue weighted by Crippen LogP contribution is -2.16. The molecule has 2 aliphatic rings. The minimum absolute atomic E-state index is 0.484. The third-order valence-corrected chi connectivity index (χ3v) is 5.91. The van der Waals surface area contributed by atoms with Crippen molar-refractivity contribution in [3.05, 3.63) is 29.8 Å². The fraction of sp³-hybridized carbons (Fsp3) is 0.609. The number of rotatable bonds is 8. The number of allylic oxidation sites excluding steroid dienone is 1. The van der Waals surface area contributed by atoms with Crippen molar-refractivity contribution in [2.45, 2.75) is 64.2 Å². The molecule has 2 fully saturated rings. The van der Waals surface area contributed by atoms with Crippen LogP contribution in [0.5, 0.6) is 11.5 Å². The normalized spacial score (nSPS) is 19.3. The highest BCUT2D eigenvalue weighted by Crippen LogP contribution is 2.30. The smallest absolute Gasteiger partial charge is 0.245 e. The molecule has 0 atom stereocenters. The molecule has 1 aromatic rings. The Balaban J connectivity index is 1.63. The first-order valence-electron chi connectivity index (χ1n) is 10.5. The molecule has 3 nitrogen and oxygen atoms in total. The molecule has 0 radical (unpaired) electrons. The van der Waals surface area contributed by atoms with Crippen LogP contribution in [0.4, 0.5) is 0 Å². The van der Waals surface area contributed by atoms with Gasteiger partial charge in [-0.2, -0.15) is 0 Å². The largest absolute Gasteiger partial charge is 0.493 e. The van der Waals surface area contributed by atoms with Crippen molar-refractivity contribution in [2.75, 3.05) is 13.2 Å². The third kappa shape index (κ3) is 6.88. The summed E-state index contributed by atoms with van der Waals surface area (Å²) in [5, 5.41) is -0.484. The number of carbonyl (C=O) groups excluding carboxylic acids is 1. The highest BCUT2D eigenvalue weighted by Gasteiger charge is 2.16. The Labute approximate surface area is 168 Å². The number of hydrogen-bond acceptors (Lipinski definition) is 3. The molecule has 1 aromatic carbocycles. The second kappa shape index (κ2) is 10.8. The van der Waals surface area contributed by atoms with E-state index in [1.54, 1.807) is 6.08 Å². The van der Waals surface area contributed by atoms with Crippen LogP contribution < -0.4 is 9.47 Å². The Morgan fingerprint density at radius 3 is 2.11 bits per heavy atom. The second-order valence-corrected chi connectivity index (χ2v) is 8.34. The molecule has 0 bridgehead atoms. The average Bonchev–Trinajstić information content (AvgIpc) is 2.71. The van der Waals surface area contributed by atoms with Crippen LogP contribution in [-0.4, -0.2) is 18.5 Å². The summed E-state index contributed by atoms with van der Waals surface area (Å²) in [4.78, 5) is 11.2. The van der Waals surface area contributed by atoms with Gasteiger partial charge in [0.1, 0.15) is 11.5 Å². The second-order valence-electron chi connectivity index (χ2n) is 7.97. The maximum absolute atomic E-state index is 11.2. The number of hydrogen-bond donors (Lipinski definition) is 0. The number of halogens is 1. The molecule has 148 valence electrons. The van der Waals surface area contributed by atoms with Gasteiger partial charge in [-0.1, -0.05) is 38.5 Å². The van der Waals surface area contributed by atoms with Crippen LogP contribution in [0, 0.1) is 11.8 Å². The Kier molecular flexibility index (Phi) is 8.07. The molecule has 2 aliphatic carbocycles. The van der Waals surface area contributed by atoms with Gasteiger partial charge in [-0.3, -0.25) is 4.79 Å². The summed E-state index contributed by atoms with van der Waals surface area (Å²) in [7, 11) is 0. The highest BCUT2D eigenvalue weighted by molar-refractivity contribution is 6.66. The molecular weight excluding hydrogens is 360 g/mol. The molecule has 0 N–H and O–H groups in total. The number of carbonyl (C=O) groups is 1. The van der Waals surface area contributed by atoms with Crippen molar-refractivity contribution >= 4 is 22.9 Å². The minimum atomic E-state index is -0.484. The Hall–Kier alpha value is -1.48. The van der Waals surface area contributed by atoms with Gasteiger partial charge in [0, 0.05) is 5.56 Å².